The van der Waals surface area contributed by atoms with Gasteiger partial charge in [-0.3, -0.25) is 4.79 Å². The van der Waals surface area contributed by atoms with E-state index in [1.54, 1.807) is 0 Å². The highest BCUT2D eigenvalue weighted by atomic mass is 16.6. The summed E-state index contributed by atoms with van der Waals surface area (Å²) in [7, 11) is 0. The predicted octanol–water partition coefficient (Wildman–Crippen LogP) is 5.35. The van der Waals surface area contributed by atoms with E-state index in [-0.39, 0.29) is 17.5 Å². The van der Waals surface area contributed by atoms with Gasteiger partial charge in [0.05, 0.1) is 5.92 Å². The van der Waals surface area contributed by atoms with Crippen LogP contribution >= 0.6 is 0 Å². The maximum absolute atomic E-state index is 12.6. The van der Waals surface area contributed by atoms with Gasteiger partial charge in [0.1, 0.15) is 5.60 Å². The number of unbranched alkanes of at least 4 members (excludes halogenated alkanes) is 2. The second-order valence-corrected chi connectivity index (χ2v) is 8.45. The molecule has 1 atom stereocenters. The first-order chi connectivity index (χ1) is 10.6. The molecule has 0 radical (unpaired) electrons. The van der Waals surface area contributed by atoms with E-state index < -0.39 is 0 Å². The minimum Gasteiger partial charge on any atom is -0.458 e. The summed E-state index contributed by atoms with van der Waals surface area (Å²) in [5, 5.41) is 0. The minimum absolute atomic E-state index is 0.0558. The largest absolute Gasteiger partial charge is 0.458 e. The van der Waals surface area contributed by atoms with E-state index in [1.807, 2.05) is 6.92 Å². The van der Waals surface area contributed by atoms with Crippen molar-refractivity contribution in [1.29, 1.82) is 0 Å². The fourth-order valence-electron chi connectivity index (χ4n) is 5.71. The molecule has 1 unspecified atom stereocenters. The van der Waals surface area contributed by atoms with Crippen LogP contribution in [0.2, 0.25) is 0 Å². The molecule has 0 aromatic carbocycles. The van der Waals surface area contributed by atoms with Crippen molar-refractivity contribution in [1.82, 2.24) is 0 Å². The van der Waals surface area contributed by atoms with Crippen molar-refractivity contribution >= 4 is 5.97 Å². The Labute approximate surface area is 136 Å². The third kappa shape index (κ3) is 2.83. The molecule has 0 aromatic rings. The molecule has 0 saturated heterocycles. The van der Waals surface area contributed by atoms with E-state index >= 15 is 0 Å². The Morgan fingerprint density at radius 3 is 2.14 bits per heavy atom. The Balaban J connectivity index is 1.78. The molecule has 4 bridgehead atoms. The molecule has 2 heteroatoms. The first-order valence-corrected chi connectivity index (χ1v) is 9.81. The van der Waals surface area contributed by atoms with Crippen molar-refractivity contribution < 1.29 is 9.53 Å². The van der Waals surface area contributed by atoms with Crippen LogP contribution in [-0.4, -0.2) is 11.6 Å². The number of carbonyl (C=O) groups excluding carboxylic acids is 1. The first kappa shape index (κ1) is 16.3. The summed E-state index contributed by atoms with van der Waals surface area (Å²) in [6, 6.07) is 0. The lowest BCUT2D eigenvalue weighted by atomic mass is 9.49. The van der Waals surface area contributed by atoms with Gasteiger partial charge in [-0.05, 0) is 75.0 Å². The monoisotopic (exact) mass is 306 g/mol. The van der Waals surface area contributed by atoms with Gasteiger partial charge in [-0.15, -0.1) is 0 Å². The van der Waals surface area contributed by atoms with Crippen molar-refractivity contribution in [3.63, 3.8) is 0 Å². The van der Waals surface area contributed by atoms with Crippen molar-refractivity contribution in [3.05, 3.63) is 0 Å². The van der Waals surface area contributed by atoms with Gasteiger partial charge < -0.3 is 4.74 Å². The van der Waals surface area contributed by atoms with Crippen LogP contribution in [0.3, 0.4) is 0 Å². The highest BCUT2D eigenvalue weighted by Crippen LogP contribution is 2.61. The number of rotatable bonds is 7. The molecule has 0 spiro atoms. The summed E-state index contributed by atoms with van der Waals surface area (Å²) in [6.45, 7) is 6.37. The van der Waals surface area contributed by atoms with E-state index in [2.05, 4.69) is 13.8 Å². The highest BCUT2D eigenvalue weighted by molar-refractivity contribution is 5.72. The second-order valence-electron chi connectivity index (χ2n) is 8.45. The average Bonchev–Trinajstić information content (AvgIpc) is 2.50. The van der Waals surface area contributed by atoms with Crippen molar-refractivity contribution in [2.45, 2.75) is 90.6 Å². The van der Waals surface area contributed by atoms with Crippen LogP contribution in [0.15, 0.2) is 0 Å². The second kappa shape index (κ2) is 6.53. The molecule has 4 saturated carbocycles. The van der Waals surface area contributed by atoms with Crippen LogP contribution in [0.25, 0.3) is 0 Å². The van der Waals surface area contributed by atoms with Gasteiger partial charge in [0.2, 0.25) is 0 Å². The van der Waals surface area contributed by atoms with Crippen molar-refractivity contribution in [2.75, 3.05) is 0 Å². The maximum atomic E-state index is 12.6. The Hall–Kier alpha value is -0.530. The minimum atomic E-state index is -0.0941. The lowest BCUT2D eigenvalue weighted by Crippen LogP contribution is -2.60. The number of ether oxygens (including phenoxy) is 1. The standard InChI is InChI=1S/C20H34O2/c1-4-6-7-8-20(22-19(21)14(3)5-2)17-10-15-9-16(12-17)13-18(20)11-15/h14-18H,4-13H2,1-3H3. The average molecular weight is 306 g/mol. The third-order valence-electron chi connectivity index (χ3n) is 7.00. The Morgan fingerprint density at radius 1 is 1.05 bits per heavy atom. The molecule has 4 fully saturated rings. The van der Waals surface area contributed by atoms with Crippen LogP contribution in [0.5, 0.6) is 0 Å². The van der Waals surface area contributed by atoms with Crippen molar-refractivity contribution in [2.24, 2.45) is 29.6 Å². The van der Waals surface area contributed by atoms with Gasteiger partial charge >= 0.3 is 5.97 Å². The molecule has 22 heavy (non-hydrogen) atoms. The molecule has 0 N–H and O–H groups in total. The Morgan fingerprint density at radius 2 is 1.64 bits per heavy atom. The van der Waals surface area contributed by atoms with E-state index in [1.165, 1.54) is 51.4 Å². The quantitative estimate of drug-likeness (QED) is 0.468. The van der Waals surface area contributed by atoms with Gasteiger partial charge in [-0.2, -0.15) is 0 Å². The zero-order valence-corrected chi connectivity index (χ0v) is 14.8. The molecule has 0 aromatic heterocycles. The molecule has 0 aliphatic heterocycles. The molecule has 0 amide bonds. The summed E-state index contributed by atoms with van der Waals surface area (Å²) >= 11 is 0. The maximum Gasteiger partial charge on any atom is 0.309 e. The van der Waals surface area contributed by atoms with E-state index in [4.69, 9.17) is 4.74 Å². The Kier molecular flexibility index (Phi) is 4.85. The molecule has 126 valence electrons. The lowest BCUT2D eigenvalue weighted by molar-refractivity contribution is -0.215. The lowest BCUT2D eigenvalue weighted by Gasteiger charge is -2.60. The predicted molar refractivity (Wildman–Crippen MR) is 89.5 cm³/mol. The van der Waals surface area contributed by atoms with Gasteiger partial charge in [0, 0.05) is 0 Å². The van der Waals surface area contributed by atoms with Crippen LogP contribution in [0.1, 0.15) is 85.0 Å². The summed E-state index contributed by atoms with van der Waals surface area (Å²) in [5.74, 6) is 3.32. The van der Waals surface area contributed by atoms with Crippen LogP contribution in [0.4, 0.5) is 0 Å². The molecular formula is C20H34O2. The van der Waals surface area contributed by atoms with Gasteiger partial charge in [0.15, 0.2) is 0 Å². The molecular weight excluding hydrogens is 272 g/mol. The molecule has 2 nitrogen and oxygen atoms in total. The number of esters is 1. The zero-order chi connectivity index (χ0) is 15.7. The topological polar surface area (TPSA) is 26.3 Å². The zero-order valence-electron chi connectivity index (χ0n) is 14.8. The SMILES string of the molecule is CCCCCC1(OC(=O)C(C)CC)C2CC3CC(C2)CC1C3. The van der Waals surface area contributed by atoms with Crippen LogP contribution < -0.4 is 0 Å². The fourth-order valence-corrected chi connectivity index (χ4v) is 5.71. The van der Waals surface area contributed by atoms with Gasteiger partial charge in [0.25, 0.3) is 0 Å². The smallest absolute Gasteiger partial charge is 0.309 e. The van der Waals surface area contributed by atoms with E-state index in [0.717, 1.165) is 24.7 Å². The van der Waals surface area contributed by atoms with Gasteiger partial charge in [-0.25, -0.2) is 0 Å². The summed E-state index contributed by atoms with van der Waals surface area (Å²) in [6.07, 6.45) is 12.5. The van der Waals surface area contributed by atoms with Crippen molar-refractivity contribution in [3.8, 4) is 0 Å². The third-order valence-corrected chi connectivity index (χ3v) is 7.00. The Bertz CT molecular complexity index is 373. The number of hydrogen-bond acceptors (Lipinski definition) is 2. The van der Waals surface area contributed by atoms with Crippen LogP contribution in [-0.2, 0) is 9.53 Å². The fraction of sp³-hybridized carbons (Fsp3) is 0.950. The summed E-state index contributed by atoms with van der Waals surface area (Å²) in [4.78, 5) is 12.6. The first-order valence-electron chi connectivity index (χ1n) is 9.81. The highest BCUT2D eigenvalue weighted by Gasteiger charge is 2.59. The summed E-state index contributed by atoms with van der Waals surface area (Å²) in [5.41, 5.74) is -0.0941. The van der Waals surface area contributed by atoms with Crippen LogP contribution in [0, 0.1) is 29.6 Å². The normalized spacial score (nSPS) is 40.7. The number of hydrogen-bond donors (Lipinski definition) is 0. The molecule has 4 aliphatic rings. The summed E-state index contributed by atoms with van der Waals surface area (Å²) < 4.78 is 6.38. The van der Waals surface area contributed by atoms with Gasteiger partial charge in [-0.1, -0.05) is 33.6 Å². The van der Waals surface area contributed by atoms with E-state index in [0.29, 0.717) is 11.8 Å². The molecule has 4 aliphatic carbocycles. The van der Waals surface area contributed by atoms with E-state index in [9.17, 15) is 4.79 Å². The molecule has 4 rings (SSSR count). The number of carbonyl (C=O) groups is 1. The molecule has 0 heterocycles.